The number of benzene rings is 1. The Bertz CT molecular complexity index is 625. The Labute approximate surface area is 116 Å². The SMILES string of the molecule is O=[N+]([O-])c1ccc(CNc2ccccc2C(F)(F)F)s1. The lowest BCUT2D eigenvalue weighted by Gasteiger charge is -2.13. The van der Waals surface area contributed by atoms with Crippen molar-refractivity contribution in [1.82, 2.24) is 0 Å². The largest absolute Gasteiger partial charge is 0.418 e. The lowest BCUT2D eigenvalue weighted by atomic mass is 10.1. The molecule has 8 heteroatoms. The Morgan fingerprint density at radius 3 is 2.50 bits per heavy atom. The molecular weight excluding hydrogens is 293 g/mol. The molecule has 0 spiro atoms. The number of hydrogen-bond donors (Lipinski definition) is 1. The molecule has 1 aromatic heterocycles. The molecular formula is C12H9F3N2O2S. The van der Waals surface area contributed by atoms with E-state index in [9.17, 15) is 23.3 Å². The van der Waals surface area contributed by atoms with E-state index in [4.69, 9.17) is 0 Å². The van der Waals surface area contributed by atoms with E-state index in [1.807, 2.05) is 0 Å². The minimum absolute atomic E-state index is 0.0362. The number of nitro groups is 1. The van der Waals surface area contributed by atoms with Gasteiger partial charge >= 0.3 is 11.2 Å². The molecule has 0 aliphatic rings. The molecule has 0 bridgehead atoms. The van der Waals surface area contributed by atoms with Crippen molar-refractivity contribution in [3.63, 3.8) is 0 Å². The smallest absolute Gasteiger partial charge is 0.380 e. The first-order chi connectivity index (χ1) is 9.38. The normalized spacial score (nSPS) is 11.3. The second kappa shape index (κ2) is 5.49. The number of rotatable bonds is 4. The van der Waals surface area contributed by atoms with Crippen molar-refractivity contribution in [2.45, 2.75) is 12.7 Å². The maximum atomic E-state index is 12.8. The quantitative estimate of drug-likeness (QED) is 0.677. The van der Waals surface area contributed by atoms with Gasteiger partial charge in [0.2, 0.25) is 0 Å². The molecule has 106 valence electrons. The molecule has 2 rings (SSSR count). The molecule has 0 atom stereocenters. The molecule has 0 amide bonds. The van der Waals surface area contributed by atoms with Gasteiger partial charge in [0.05, 0.1) is 10.5 Å². The summed E-state index contributed by atoms with van der Waals surface area (Å²) >= 11 is 0.931. The highest BCUT2D eigenvalue weighted by atomic mass is 32.1. The molecule has 0 unspecified atom stereocenters. The van der Waals surface area contributed by atoms with Crippen molar-refractivity contribution < 1.29 is 18.1 Å². The fraction of sp³-hybridized carbons (Fsp3) is 0.167. The number of anilines is 1. The van der Waals surface area contributed by atoms with Crippen LogP contribution in [0.15, 0.2) is 36.4 Å². The third kappa shape index (κ3) is 3.27. The van der Waals surface area contributed by atoms with Crippen LogP contribution in [0.5, 0.6) is 0 Å². The summed E-state index contributed by atoms with van der Waals surface area (Å²) in [6, 6.07) is 7.96. The second-order valence-electron chi connectivity index (χ2n) is 3.89. The monoisotopic (exact) mass is 302 g/mol. The van der Waals surface area contributed by atoms with Gasteiger partial charge in [0.25, 0.3) is 0 Å². The summed E-state index contributed by atoms with van der Waals surface area (Å²) in [6.07, 6.45) is -4.44. The van der Waals surface area contributed by atoms with Crippen LogP contribution in [0, 0.1) is 10.1 Å². The van der Waals surface area contributed by atoms with Crippen molar-refractivity contribution in [3.8, 4) is 0 Å². The zero-order valence-electron chi connectivity index (χ0n) is 9.98. The van der Waals surface area contributed by atoms with E-state index in [0.717, 1.165) is 17.4 Å². The van der Waals surface area contributed by atoms with Gasteiger partial charge in [-0.1, -0.05) is 23.5 Å². The van der Waals surface area contributed by atoms with Gasteiger partial charge in [0, 0.05) is 23.2 Å². The highest BCUT2D eigenvalue weighted by Gasteiger charge is 2.33. The molecule has 0 fully saturated rings. The Balaban J connectivity index is 2.13. The Hall–Kier alpha value is -2.09. The lowest BCUT2D eigenvalue weighted by Crippen LogP contribution is -2.10. The van der Waals surface area contributed by atoms with Crippen molar-refractivity contribution in [3.05, 3.63) is 57.0 Å². The molecule has 0 aliphatic carbocycles. The molecule has 20 heavy (non-hydrogen) atoms. The summed E-state index contributed by atoms with van der Waals surface area (Å²) in [5.74, 6) is 0. The van der Waals surface area contributed by atoms with Crippen molar-refractivity contribution >= 4 is 22.0 Å². The standard InChI is InChI=1S/C12H9F3N2O2S/c13-12(14,15)9-3-1-2-4-10(9)16-7-8-5-6-11(20-8)17(18)19/h1-6,16H,7H2. The van der Waals surface area contributed by atoms with Gasteiger partial charge in [-0.3, -0.25) is 10.1 Å². The van der Waals surface area contributed by atoms with E-state index in [2.05, 4.69) is 5.32 Å². The number of thiophene rings is 1. The summed E-state index contributed by atoms with van der Waals surface area (Å²) in [7, 11) is 0. The van der Waals surface area contributed by atoms with Crippen LogP contribution in [-0.2, 0) is 12.7 Å². The molecule has 0 radical (unpaired) electrons. The summed E-state index contributed by atoms with van der Waals surface area (Å²) in [5, 5.41) is 13.1. The predicted octanol–water partition coefficient (Wildman–Crippen LogP) is 4.29. The molecule has 0 saturated heterocycles. The molecule has 4 nitrogen and oxygen atoms in total. The minimum atomic E-state index is -4.44. The average Bonchev–Trinajstić information content (AvgIpc) is 2.84. The summed E-state index contributed by atoms with van der Waals surface area (Å²) in [4.78, 5) is 10.6. The molecule has 0 saturated carbocycles. The first-order valence-electron chi connectivity index (χ1n) is 5.51. The molecule has 1 heterocycles. The molecule has 0 aliphatic heterocycles. The van der Waals surface area contributed by atoms with Crippen LogP contribution in [0.4, 0.5) is 23.9 Å². The Kier molecular flexibility index (Phi) is 3.93. The summed E-state index contributed by atoms with van der Waals surface area (Å²) < 4.78 is 38.3. The number of nitrogens with one attached hydrogen (secondary N) is 1. The minimum Gasteiger partial charge on any atom is -0.380 e. The summed E-state index contributed by atoms with van der Waals surface area (Å²) in [5.41, 5.74) is -0.804. The summed E-state index contributed by atoms with van der Waals surface area (Å²) in [6.45, 7) is 0.103. The molecule has 1 aromatic carbocycles. The van der Waals surface area contributed by atoms with E-state index in [-0.39, 0.29) is 17.2 Å². The fourth-order valence-corrected chi connectivity index (χ4v) is 2.39. The first kappa shape index (κ1) is 14.3. The third-order valence-corrected chi connectivity index (χ3v) is 3.55. The van der Waals surface area contributed by atoms with Gasteiger partial charge in [-0.05, 0) is 18.2 Å². The Morgan fingerprint density at radius 1 is 1.20 bits per heavy atom. The maximum Gasteiger partial charge on any atom is 0.418 e. The second-order valence-corrected chi connectivity index (χ2v) is 5.04. The van der Waals surface area contributed by atoms with Crippen LogP contribution in [0.25, 0.3) is 0 Å². The van der Waals surface area contributed by atoms with Crippen LogP contribution in [-0.4, -0.2) is 4.92 Å². The van der Waals surface area contributed by atoms with Gasteiger partial charge < -0.3 is 5.32 Å². The lowest BCUT2D eigenvalue weighted by molar-refractivity contribution is -0.380. The number of nitrogens with zero attached hydrogens (tertiary/aromatic N) is 1. The van der Waals surface area contributed by atoms with Gasteiger partial charge in [-0.2, -0.15) is 13.2 Å². The average molecular weight is 302 g/mol. The zero-order chi connectivity index (χ0) is 14.8. The Morgan fingerprint density at radius 2 is 1.90 bits per heavy atom. The zero-order valence-corrected chi connectivity index (χ0v) is 10.8. The molecule has 1 N–H and O–H groups in total. The highest BCUT2D eigenvalue weighted by molar-refractivity contribution is 7.15. The number of para-hydroxylation sites is 1. The van der Waals surface area contributed by atoms with Gasteiger partial charge in [0.1, 0.15) is 0 Å². The maximum absolute atomic E-state index is 12.8. The number of hydrogen-bond acceptors (Lipinski definition) is 4. The highest BCUT2D eigenvalue weighted by Crippen LogP contribution is 2.35. The third-order valence-electron chi connectivity index (χ3n) is 2.51. The molecule has 2 aromatic rings. The van der Waals surface area contributed by atoms with E-state index in [1.165, 1.54) is 30.3 Å². The van der Waals surface area contributed by atoms with Gasteiger partial charge in [0.15, 0.2) is 0 Å². The van der Waals surface area contributed by atoms with Crippen molar-refractivity contribution in [2.75, 3.05) is 5.32 Å². The van der Waals surface area contributed by atoms with Crippen LogP contribution in [0.1, 0.15) is 10.4 Å². The first-order valence-corrected chi connectivity index (χ1v) is 6.33. The van der Waals surface area contributed by atoms with Crippen molar-refractivity contribution in [1.29, 1.82) is 0 Å². The van der Waals surface area contributed by atoms with Crippen LogP contribution >= 0.6 is 11.3 Å². The number of alkyl halides is 3. The van der Waals surface area contributed by atoms with E-state index in [1.54, 1.807) is 0 Å². The van der Waals surface area contributed by atoms with E-state index in [0.29, 0.717) is 4.88 Å². The van der Waals surface area contributed by atoms with Crippen molar-refractivity contribution in [2.24, 2.45) is 0 Å². The number of halogens is 3. The predicted molar refractivity (Wildman–Crippen MR) is 69.7 cm³/mol. The van der Waals surface area contributed by atoms with Crippen LogP contribution in [0.2, 0.25) is 0 Å². The van der Waals surface area contributed by atoms with E-state index >= 15 is 0 Å². The topological polar surface area (TPSA) is 55.2 Å². The van der Waals surface area contributed by atoms with Gasteiger partial charge in [-0.25, -0.2) is 0 Å². The van der Waals surface area contributed by atoms with Gasteiger partial charge in [-0.15, -0.1) is 0 Å². The van der Waals surface area contributed by atoms with Crippen LogP contribution < -0.4 is 5.32 Å². The van der Waals surface area contributed by atoms with Crippen LogP contribution in [0.3, 0.4) is 0 Å². The fourth-order valence-electron chi connectivity index (χ4n) is 1.63. The van der Waals surface area contributed by atoms with E-state index < -0.39 is 16.7 Å².